The van der Waals surface area contributed by atoms with Crippen LogP contribution in [0.1, 0.15) is 43.6 Å². The molecule has 0 unspecified atom stereocenters. The lowest BCUT2D eigenvalue weighted by Crippen LogP contribution is -2.15. The van der Waals surface area contributed by atoms with Crippen molar-refractivity contribution in [3.05, 3.63) is 29.6 Å². The van der Waals surface area contributed by atoms with Gasteiger partial charge in [0.15, 0.2) is 5.82 Å². The minimum Gasteiger partial charge on any atom is -0.545 e. The quantitative estimate of drug-likeness (QED) is 0.731. The summed E-state index contributed by atoms with van der Waals surface area (Å²) in [7, 11) is -1.25. The van der Waals surface area contributed by atoms with E-state index >= 15 is 0 Å². The first-order chi connectivity index (χ1) is 8.18. The zero-order valence-corrected chi connectivity index (χ0v) is 11.9. The standard InChI is InChI=1S/C14H21FOSi/c1-17(2)16-14-12(9-6-10-13(14)15)11-7-4-3-5-8-11/h6,9-11,17H,3-5,7-8H2,1-2H3. The van der Waals surface area contributed by atoms with Gasteiger partial charge in [-0.25, -0.2) is 4.39 Å². The predicted octanol–water partition coefficient (Wildman–Crippen LogP) is 4.24. The van der Waals surface area contributed by atoms with Crippen LogP contribution in [-0.2, 0) is 0 Å². The minimum atomic E-state index is -1.25. The number of hydrogen-bond donors (Lipinski definition) is 0. The summed E-state index contributed by atoms with van der Waals surface area (Å²) in [5.41, 5.74) is 1.10. The van der Waals surface area contributed by atoms with Crippen LogP contribution in [0, 0.1) is 5.82 Å². The summed E-state index contributed by atoms with van der Waals surface area (Å²) < 4.78 is 19.7. The molecule has 0 bridgehead atoms. The first-order valence-corrected chi connectivity index (χ1v) is 9.41. The lowest BCUT2D eigenvalue weighted by atomic mass is 9.84. The van der Waals surface area contributed by atoms with Crippen LogP contribution >= 0.6 is 0 Å². The van der Waals surface area contributed by atoms with Crippen molar-refractivity contribution in [2.75, 3.05) is 0 Å². The molecule has 0 atom stereocenters. The molecule has 3 heteroatoms. The van der Waals surface area contributed by atoms with E-state index in [1.54, 1.807) is 0 Å². The largest absolute Gasteiger partial charge is 0.545 e. The van der Waals surface area contributed by atoms with Gasteiger partial charge in [0.2, 0.25) is 9.04 Å². The molecule has 0 aliphatic heterocycles. The Morgan fingerprint density at radius 1 is 1.18 bits per heavy atom. The molecule has 1 fully saturated rings. The third-order valence-electron chi connectivity index (χ3n) is 3.40. The molecule has 0 N–H and O–H groups in total. The van der Waals surface area contributed by atoms with Crippen LogP contribution in [0.3, 0.4) is 0 Å². The Morgan fingerprint density at radius 2 is 1.88 bits per heavy atom. The first-order valence-electron chi connectivity index (χ1n) is 6.63. The predicted molar refractivity (Wildman–Crippen MR) is 71.7 cm³/mol. The van der Waals surface area contributed by atoms with Gasteiger partial charge in [0, 0.05) is 0 Å². The molecule has 1 aromatic rings. The molecule has 0 heterocycles. The molecular formula is C14H21FOSi. The number of para-hydroxylation sites is 1. The molecule has 1 nitrogen and oxygen atoms in total. The summed E-state index contributed by atoms with van der Waals surface area (Å²) in [6.07, 6.45) is 6.21. The van der Waals surface area contributed by atoms with Gasteiger partial charge >= 0.3 is 0 Å². The van der Waals surface area contributed by atoms with E-state index in [9.17, 15) is 4.39 Å². The highest BCUT2D eigenvalue weighted by Gasteiger charge is 2.21. The minimum absolute atomic E-state index is 0.186. The van der Waals surface area contributed by atoms with E-state index in [0.717, 1.165) is 5.56 Å². The molecule has 1 saturated carbocycles. The number of halogens is 1. The lowest BCUT2D eigenvalue weighted by molar-refractivity contribution is 0.424. The number of benzene rings is 1. The van der Waals surface area contributed by atoms with Crippen molar-refractivity contribution in [1.29, 1.82) is 0 Å². The summed E-state index contributed by atoms with van der Waals surface area (Å²) in [4.78, 5) is 0. The fraction of sp³-hybridized carbons (Fsp3) is 0.571. The fourth-order valence-electron chi connectivity index (χ4n) is 2.62. The second-order valence-electron chi connectivity index (χ2n) is 5.16. The number of rotatable bonds is 3. The van der Waals surface area contributed by atoms with Crippen molar-refractivity contribution in [2.24, 2.45) is 0 Å². The van der Waals surface area contributed by atoms with E-state index in [4.69, 9.17) is 4.43 Å². The van der Waals surface area contributed by atoms with Gasteiger partial charge in [-0.15, -0.1) is 0 Å². The maximum Gasteiger partial charge on any atom is 0.229 e. The summed E-state index contributed by atoms with van der Waals surface area (Å²) in [5.74, 6) is 0.859. The van der Waals surface area contributed by atoms with Gasteiger partial charge in [-0.2, -0.15) is 0 Å². The highest BCUT2D eigenvalue weighted by Crippen LogP contribution is 2.38. The van der Waals surface area contributed by atoms with Crippen LogP contribution in [0.4, 0.5) is 4.39 Å². The highest BCUT2D eigenvalue weighted by atomic mass is 28.3. The monoisotopic (exact) mass is 252 g/mol. The van der Waals surface area contributed by atoms with Crippen molar-refractivity contribution < 1.29 is 8.82 Å². The smallest absolute Gasteiger partial charge is 0.229 e. The van der Waals surface area contributed by atoms with E-state index in [2.05, 4.69) is 13.1 Å². The summed E-state index contributed by atoms with van der Waals surface area (Å²) >= 11 is 0. The van der Waals surface area contributed by atoms with Gasteiger partial charge < -0.3 is 4.43 Å². The van der Waals surface area contributed by atoms with Gasteiger partial charge in [-0.1, -0.05) is 31.4 Å². The van der Waals surface area contributed by atoms with Gasteiger partial charge in [-0.05, 0) is 43.5 Å². The van der Waals surface area contributed by atoms with Crippen LogP contribution in [0.5, 0.6) is 5.75 Å². The average Bonchev–Trinajstić information content (AvgIpc) is 2.32. The van der Waals surface area contributed by atoms with Crippen LogP contribution in [0.25, 0.3) is 0 Å². The van der Waals surface area contributed by atoms with E-state index in [1.807, 2.05) is 12.1 Å². The average molecular weight is 252 g/mol. The van der Waals surface area contributed by atoms with Crippen LogP contribution in [-0.4, -0.2) is 9.04 Å². The summed E-state index contributed by atoms with van der Waals surface area (Å²) in [5, 5.41) is 0. The summed E-state index contributed by atoms with van der Waals surface area (Å²) in [6.45, 7) is 4.16. The second kappa shape index (κ2) is 5.67. The first kappa shape index (κ1) is 12.6. The van der Waals surface area contributed by atoms with Crippen molar-refractivity contribution in [2.45, 2.75) is 51.1 Å². The molecule has 0 aromatic heterocycles. The maximum atomic E-state index is 13.9. The zero-order chi connectivity index (χ0) is 12.3. The SMILES string of the molecule is C[SiH](C)Oc1c(F)cccc1C1CCCCC1. The molecular weight excluding hydrogens is 231 g/mol. The normalized spacial score (nSPS) is 17.4. The molecule has 2 rings (SSSR count). The molecule has 1 aliphatic carbocycles. The van der Waals surface area contributed by atoms with Crippen molar-refractivity contribution in [3.63, 3.8) is 0 Å². The molecule has 0 saturated heterocycles. The second-order valence-corrected chi connectivity index (χ2v) is 7.49. The van der Waals surface area contributed by atoms with Gasteiger partial charge in [-0.3, -0.25) is 0 Å². The molecule has 94 valence electrons. The fourth-order valence-corrected chi connectivity index (χ4v) is 3.34. The highest BCUT2D eigenvalue weighted by molar-refractivity contribution is 6.49. The van der Waals surface area contributed by atoms with E-state index in [-0.39, 0.29) is 5.82 Å². The Bertz CT molecular complexity index is 372. The molecule has 17 heavy (non-hydrogen) atoms. The van der Waals surface area contributed by atoms with Gasteiger partial charge in [0.05, 0.1) is 0 Å². The Labute approximate surface area is 105 Å². The Morgan fingerprint density at radius 3 is 2.53 bits per heavy atom. The Kier molecular flexibility index (Phi) is 4.21. The van der Waals surface area contributed by atoms with E-state index in [1.165, 1.54) is 38.2 Å². The van der Waals surface area contributed by atoms with Gasteiger partial charge in [0.1, 0.15) is 5.75 Å². The van der Waals surface area contributed by atoms with E-state index in [0.29, 0.717) is 11.7 Å². The van der Waals surface area contributed by atoms with Crippen molar-refractivity contribution in [1.82, 2.24) is 0 Å². The molecule has 0 radical (unpaired) electrons. The van der Waals surface area contributed by atoms with E-state index < -0.39 is 9.04 Å². The lowest BCUT2D eigenvalue weighted by Gasteiger charge is -2.25. The topological polar surface area (TPSA) is 9.23 Å². The zero-order valence-electron chi connectivity index (χ0n) is 10.7. The Hall–Kier alpha value is -0.833. The van der Waals surface area contributed by atoms with Crippen LogP contribution in [0.15, 0.2) is 18.2 Å². The van der Waals surface area contributed by atoms with Crippen LogP contribution < -0.4 is 4.43 Å². The molecule has 1 aliphatic rings. The third-order valence-corrected chi connectivity index (χ3v) is 4.10. The molecule has 1 aromatic carbocycles. The van der Waals surface area contributed by atoms with Crippen molar-refractivity contribution in [3.8, 4) is 5.75 Å². The third kappa shape index (κ3) is 3.09. The van der Waals surface area contributed by atoms with Crippen LogP contribution in [0.2, 0.25) is 13.1 Å². The maximum absolute atomic E-state index is 13.9. The Balaban J connectivity index is 2.27. The van der Waals surface area contributed by atoms with Crippen molar-refractivity contribution >= 4 is 9.04 Å². The number of hydrogen-bond acceptors (Lipinski definition) is 1. The molecule has 0 spiro atoms. The van der Waals surface area contributed by atoms with Gasteiger partial charge in [0.25, 0.3) is 0 Å². The molecule has 0 amide bonds. The summed E-state index contributed by atoms with van der Waals surface area (Å²) in [6, 6.07) is 5.37.